The maximum absolute atomic E-state index is 16.9. The maximum atomic E-state index is 16.9. The van der Waals surface area contributed by atoms with Gasteiger partial charge in [-0.1, -0.05) is 111 Å². The highest BCUT2D eigenvalue weighted by atomic mass is 32.1. The number of hydrogen-bond acceptors (Lipinski definition) is 4. The number of rotatable bonds is 10. The number of halogens is 2. The number of unbranched alkanes of at least 4 members (excludes halogenated alkanes) is 3. The first-order valence-electron chi connectivity index (χ1n) is 18.9. The van der Waals surface area contributed by atoms with E-state index in [9.17, 15) is 0 Å². The first-order valence-corrected chi connectivity index (χ1v) is 20.6. The molecule has 0 aliphatic rings. The average Bonchev–Trinajstić information content (AvgIpc) is 3.95. The summed E-state index contributed by atoms with van der Waals surface area (Å²) < 4.78 is 36.1. The first kappa shape index (κ1) is 35.2. The zero-order valence-electron chi connectivity index (χ0n) is 31.0. The van der Waals surface area contributed by atoms with Gasteiger partial charge in [0.2, 0.25) is 0 Å². The van der Waals surface area contributed by atoms with E-state index in [2.05, 4.69) is 54.8 Å². The Morgan fingerprint density at radius 3 is 1.71 bits per heavy atom. The molecule has 0 spiro atoms. The lowest BCUT2D eigenvalue weighted by molar-refractivity contribution is 0.515. The average molecular weight is 760 g/mol. The molecule has 4 aromatic heterocycles. The van der Waals surface area contributed by atoms with Crippen molar-refractivity contribution in [1.82, 2.24) is 14.5 Å². The highest BCUT2D eigenvalue weighted by Gasteiger charge is 2.28. The molecule has 0 saturated carbocycles. The Balaban J connectivity index is 1.25. The summed E-state index contributed by atoms with van der Waals surface area (Å²) in [5.41, 5.74) is 8.60. The number of benzene rings is 5. The molecule has 0 N–H and O–H groups in total. The summed E-state index contributed by atoms with van der Waals surface area (Å²) in [5, 5.41) is 2.48. The van der Waals surface area contributed by atoms with Crippen molar-refractivity contribution in [2.75, 3.05) is 0 Å². The van der Waals surface area contributed by atoms with Crippen LogP contribution in [-0.2, 0) is 6.54 Å². The standard InChI is InChI=1S/C48H39F2N3S2/c1-4-5-6-13-26-53-36-27-29(2)18-21-34(36)35-22-20-33(28-37(35)53)38-24-25-40(55-38)42-44(50)43(49)41(39-23-19-30(3)54-39)47-48(42)52-46(32-16-11-8-12-17-32)45(51-47)31-14-9-7-10-15-31/h7-12,14-25,27-28H,4-6,13,26H2,1-3H3. The predicted molar refractivity (Wildman–Crippen MR) is 229 cm³/mol. The molecule has 0 saturated heterocycles. The first-order chi connectivity index (χ1) is 26.9. The molecule has 0 aliphatic carbocycles. The van der Waals surface area contributed by atoms with Crippen LogP contribution < -0.4 is 0 Å². The molecule has 5 aromatic carbocycles. The zero-order chi connectivity index (χ0) is 37.6. The summed E-state index contributed by atoms with van der Waals surface area (Å²) in [5.74, 6) is -1.83. The molecule has 9 aromatic rings. The summed E-state index contributed by atoms with van der Waals surface area (Å²) in [6, 6.07) is 40.6. The van der Waals surface area contributed by atoms with E-state index in [4.69, 9.17) is 9.97 Å². The van der Waals surface area contributed by atoms with E-state index in [1.165, 1.54) is 69.3 Å². The highest BCUT2D eigenvalue weighted by molar-refractivity contribution is 7.19. The minimum Gasteiger partial charge on any atom is -0.340 e. The van der Waals surface area contributed by atoms with Crippen LogP contribution in [0.4, 0.5) is 8.78 Å². The topological polar surface area (TPSA) is 30.7 Å². The molecule has 0 fully saturated rings. The van der Waals surface area contributed by atoms with Gasteiger partial charge in [-0.05, 0) is 67.8 Å². The van der Waals surface area contributed by atoms with Gasteiger partial charge in [0.1, 0.15) is 11.0 Å². The SMILES string of the molecule is CCCCCCn1c2cc(C)ccc2c2ccc(-c3ccc(-c4c(F)c(F)c(-c5ccc(C)s5)c5nc(-c6ccccc6)c(-c6ccccc6)nc45)s3)cc21. The fraction of sp³-hybridized carbons (Fsp3) is 0.167. The summed E-state index contributed by atoms with van der Waals surface area (Å²) in [6.07, 6.45) is 4.73. The molecular formula is C48H39F2N3S2. The number of hydrogen-bond donors (Lipinski definition) is 0. The Bertz CT molecular complexity index is 2850. The van der Waals surface area contributed by atoms with Gasteiger partial charge in [-0.15, -0.1) is 22.7 Å². The molecule has 55 heavy (non-hydrogen) atoms. The maximum Gasteiger partial charge on any atom is 0.170 e. The van der Waals surface area contributed by atoms with Gasteiger partial charge in [0.05, 0.1) is 22.5 Å². The molecule has 0 unspecified atom stereocenters. The van der Waals surface area contributed by atoms with Crippen LogP contribution in [0.25, 0.3) is 86.7 Å². The molecule has 0 radical (unpaired) electrons. The summed E-state index contributed by atoms with van der Waals surface area (Å²) in [6.45, 7) is 7.30. The molecule has 4 heterocycles. The highest BCUT2D eigenvalue weighted by Crippen LogP contribution is 2.46. The van der Waals surface area contributed by atoms with Gasteiger partial charge in [-0.2, -0.15) is 0 Å². The fourth-order valence-electron chi connectivity index (χ4n) is 7.75. The molecule has 272 valence electrons. The van der Waals surface area contributed by atoms with Crippen molar-refractivity contribution in [1.29, 1.82) is 0 Å². The van der Waals surface area contributed by atoms with Crippen LogP contribution in [0.15, 0.2) is 121 Å². The molecule has 0 atom stereocenters. The lowest BCUT2D eigenvalue weighted by atomic mass is 9.99. The molecule has 0 bridgehead atoms. The second-order valence-electron chi connectivity index (χ2n) is 14.3. The van der Waals surface area contributed by atoms with Gasteiger partial charge >= 0.3 is 0 Å². The molecule has 3 nitrogen and oxygen atoms in total. The lowest BCUT2D eigenvalue weighted by Gasteiger charge is -2.16. The Labute approximate surface area is 327 Å². The van der Waals surface area contributed by atoms with Crippen LogP contribution >= 0.6 is 22.7 Å². The molecular weight excluding hydrogens is 721 g/mol. The molecule has 0 aliphatic heterocycles. The van der Waals surface area contributed by atoms with Crippen molar-refractivity contribution < 1.29 is 8.78 Å². The number of aryl methyl sites for hydroxylation is 3. The van der Waals surface area contributed by atoms with Gasteiger partial charge in [-0.25, -0.2) is 18.7 Å². The number of thiophene rings is 2. The smallest absolute Gasteiger partial charge is 0.170 e. The van der Waals surface area contributed by atoms with Crippen molar-refractivity contribution in [3.8, 4) is 53.8 Å². The minimum atomic E-state index is -0.916. The van der Waals surface area contributed by atoms with Crippen molar-refractivity contribution in [2.45, 2.75) is 53.0 Å². The van der Waals surface area contributed by atoms with Crippen LogP contribution in [0, 0.1) is 25.5 Å². The number of nitrogens with zero attached hydrogens (tertiary/aromatic N) is 3. The lowest BCUT2D eigenvalue weighted by Crippen LogP contribution is -2.03. The Kier molecular flexibility index (Phi) is 9.36. The van der Waals surface area contributed by atoms with Crippen LogP contribution in [0.3, 0.4) is 0 Å². The van der Waals surface area contributed by atoms with Crippen LogP contribution in [0.1, 0.15) is 43.0 Å². The third-order valence-electron chi connectivity index (χ3n) is 10.5. The zero-order valence-corrected chi connectivity index (χ0v) is 32.6. The van der Waals surface area contributed by atoms with Gasteiger partial charge in [0, 0.05) is 59.0 Å². The van der Waals surface area contributed by atoms with Crippen molar-refractivity contribution >= 4 is 55.5 Å². The van der Waals surface area contributed by atoms with Gasteiger partial charge in [0.25, 0.3) is 0 Å². The Morgan fingerprint density at radius 2 is 1.11 bits per heavy atom. The number of fused-ring (bicyclic) bond motifs is 4. The van der Waals surface area contributed by atoms with Crippen LogP contribution in [0.5, 0.6) is 0 Å². The number of aromatic nitrogens is 3. The van der Waals surface area contributed by atoms with E-state index in [1.807, 2.05) is 91.9 Å². The van der Waals surface area contributed by atoms with Crippen molar-refractivity contribution in [2.24, 2.45) is 0 Å². The largest absolute Gasteiger partial charge is 0.340 e. The molecule has 9 rings (SSSR count). The minimum absolute atomic E-state index is 0.131. The van der Waals surface area contributed by atoms with E-state index in [-0.39, 0.29) is 11.1 Å². The molecule has 0 amide bonds. The van der Waals surface area contributed by atoms with E-state index < -0.39 is 11.6 Å². The van der Waals surface area contributed by atoms with E-state index in [0.717, 1.165) is 39.4 Å². The van der Waals surface area contributed by atoms with Crippen LogP contribution in [0.2, 0.25) is 0 Å². The van der Waals surface area contributed by atoms with Gasteiger partial charge in [-0.3, -0.25) is 0 Å². The Morgan fingerprint density at radius 1 is 0.545 bits per heavy atom. The quantitative estimate of drug-likeness (QED) is 0.130. The normalized spacial score (nSPS) is 11.7. The molecule has 7 heteroatoms. The van der Waals surface area contributed by atoms with E-state index in [1.54, 1.807) is 0 Å². The van der Waals surface area contributed by atoms with E-state index >= 15 is 8.78 Å². The Hall–Kier alpha value is -5.50. The summed E-state index contributed by atoms with van der Waals surface area (Å²) >= 11 is 2.87. The second-order valence-corrected chi connectivity index (χ2v) is 16.6. The summed E-state index contributed by atoms with van der Waals surface area (Å²) in [7, 11) is 0. The summed E-state index contributed by atoms with van der Waals surface area (Å²) in [4.78, 5) is 13.6. The third kappa shape index (κ3) is 6.35. The predicted octanol–water partition coefficient (Wildman–Crippen LogP) is 14.7. The second kappa shape index (κ2) is 14.6. The van der Waals surface area contributed by atoms with Crippen molar-refractivity contribution in [3.63, 3.8) is 0 Å². The third-order valence-corrected chi connectivity index (χ3v) is 12.6. The van der Waals surface area contributed by atoms with Gasteiger partial charge in [0.15, 0.2) is 11.6 Å². The van der Waals surface area contributed by atoms with Gasteiger partial charge < -0.3 is 4.57 Å². The van der Waals surface area contributed by atoms with Crippen LogP contribution in [-0.4, -0.2) is 14.5 Å². The van der Waals surface area contributed by atoms with Crippen molar-refractivity contribution in [3.05, 3.63) is 143 Å². The van der Waals surface area contributed by atoms with E-state index in [0.29, 0.717) is 32.2 Å². The fourth-order valence-corrected chi connectivity index (χ4v) is 9.70. The monoisotopic (exact) mass is 759 g/mol.